The molecule has 250 valence electrons. The first-order chi connectivity index (χ1) is 22.5. The van der Waals surface area contributed by atoms with Crippen LogP contribution in [0.15, 0.2) is 42.5 Å². The lowest BCUT2D eigenvalue weighted by Crippen LogP contribution is -2.57. The number of rotatable bonds is 5. The number of methoxy groups -OCH3 is 1. The maximum absolute atomic E-state index is 13.4. The Kier molecular flexibility index (Phi) is 10.6. The summed E-state index contributed by atoms with van der Waals surface area (Å²) in [6.45, 7) is 6.36. The number of ether oxygens (including phenoxy) is 3. The zero-order chi connectivity index (χ0) is 33.7. The van der Waals surface area contributed by atoms with Crippen LogP contribution in [0.3, 0.4) is 0 Å². The van der Waals surface area contributed by atoms with Gasteiger partial charge >= 0.3 is 0 Å². The molecule has 0 unspecified atom stereocenters. The maximum Gasteiger partial charge on any atom is 0.239 e. The number of aromatic nitrogens is 2. The van der Waals surface area contributed by atoms with E-state index in [2.05, 4.69) is 10.4 Å². The van der Waals surface area contributed by atoms with E-state index in [0.717, 1.165) is 16.8 Å². The molecule has 1 fully saturated rings. The Hall–Kier alpha value is -4.71. The van der Waals surface area contributed by atoms with Crippen molar-refractivity contribution in [2.75, 3.05) is 33.8 Å². The standard InChI is InChI=1S/C35H43N5O7/c1-22-35(24(3)41)23(2)40(37-22)16-14-34(44)39-15-13-28-31(19-39)46-21-26-7-6-8-27(17-26)47-29-11-9-25(18-30(29)45-5)10-12-33(43)38(4)20-32(42)36-28/h6-9,11,17-18,28,31H,10,12-16,19-21H2,1-5H3,(H,36,42)/t28-,31-/m0/s1. The number of aryl methyl sites for hydroxylation is 3. The van der Waals surface area contributed by atoms with Gasteiger partial charge in [0.25, 0.3) is 0 Å². The number of hydrogen-bond acceptors (Lipinski definition) is 8. The highest BCUT2D eigenvalue weighted by atomic mass is 16.5. The molecule has 3 aliphatic rings. The summed E-state index contributed by atoms with van der Waals surface area (Å²) in [4.78, 5) is 54.6. The number of nitrogens with zero attached hydrogens (tertiary/aromatic N) is 4. The van der Waals surface area contributed by atoms with Crippen LogP contribution in [-0.2, 0) is 38.7 Å². The van der Waals surface area contributed by atoms with Crippen LogP contribution in [0.25, 0.3) is 0 Å². The van der Waals surface area contributed by atoms with Crippen molar-refractivity contribution in [2.24, 2.45) is 0 Å². The Morgan fingerprint density at radius 3 is 2.64 bits per heavy atom. The largest absolute Gasteiger partial charge is 0.493 e. The lowest BCUT2D eigenvalue weighted by Gasteiger charge is -2.39. The predicted octanol–water partition coefficient (Wildman–Crippen LogP) is 3.60. The van der Waals surface area contributed by atoms with E-state index >= 15 is 0 Å². The van der Waals surface area contributed by atoms with Gasteiger partial charge in [-0.3, -0.25) is 23.9 Å². The Balaban J connectivity index is 1.33. The fourth-order valence-electron chi connectivity index (χ4n) is 6.24. The molecule has 4 bridgehead atoms. The third-order valence-electron chi connectivity index (χ3n) is 8.78. The predicted molar refractivity (Wildman–Crippen MR) is 173 cm³/mol. The number of likely N-dealkylation sites (tertiary alicyclic amines) is 1. The highest BCUT2D eigenvalue weighted by Crippen LogP contribution is 2.33. The molecule has 0 aliphatic carbocycles. The number of fused-ring (bicyclic) bond motifs is 9. The normalized spacial score (nSPS) is 19.2. The topological polar surface area (TPSA) is 132 Å². The molecule has 0 radical (unpaired) electrons. The van der Waals surface area contributed by atoms with Gasteiger partial charge in [-0.1, -0.05) is 18.2 Å². The molecule has 0 spiro atoms. The summed E-state index contributed by atoms with van der Waals surface area (Å²) in [6.07, 6.45) is 0.922. The first-order valence-electron chi connectivity index (χ1n) is 15.9. The molecule has 3 amide bonds. The minimum absolute atomic E-state index is 0.0496. The first kappa shape index (κ1) is 33.6. The number of piperidine rings is 1. The number of Topliss-reactive ketones (excluding diaryl/α,β-unsaturated/α-hetero) is 1. The van der Waals surface area contributed by atoms with Crippen molar-refractivity contribution in [3.63, 3.8) is 0 Å². The van der Waals surface area contributed by atoms with E-state index < -0.39 is 6.10 Å². The molecule has 12 heteroatoms. The van der Waals surface area contributed by atoms with Gasteiger partial charge in [0.05, 0.1) is 43.7 Å². The smallest absolute Gasteiger partial charge is 0.239 e. The summed E-state index contributed by atoms with van der Waals surface area (Å²) in [6, 6.07) is 12.8. The first-order valence-corrected chi connectivity index (χ1v) is 15.9. The summed E-state index contributed by atoms with van der Waals surface area (Å²) in [5, 5.41) is 7.53. The van der Waals surface area contributed by atoms with E-state index in [9.17, 15) is 19.2 Å². The second kappa shape index (κ2) is 14.8. The summed E-state index contributed by atoms with van der Waals surface area (Å²) in [5.74, 6) is 1.15. The van der Waals surface area contributed by atoms with Crippen molar-refractivity contribution < 1.29 is 33.4 Å². The van der Waals surface area contributed by atoms with Crippen LogP contribution in [0, 0.1) is 13.8 Å². The molecule has 12 nitrogen and oxygen atoms in total. The highest BCUT2D eigenvalue weighted by Gasteiger charge is 2.34. The summed E-state index contributed by atoms with van der Waals surface area (Å²) in [7, 11) is 3.19. The molecule has 1 N–H and O–H groups in total. The number of hydrogen-bond donors (Lipinski definition) is 1. The van der Waals surface area contributed by atoms with Crippen molar-refractivity contribution in [1.82, 2.24) is 24.9 Å². The number of ketones is 1. The summed E-state index contributed by atoms with van der Waals surface area (Å²) in [5.41, 5.74) is 3.77. The third-order valence-corrected chi connectivity index (χ3v) is 8.78. The van der Waals surface area contributed by atoms with Crippen LogP contribution in [0.4, 0.5) is 0 Å². The number of benzene rings is 2. The van der Waals surface area contributed by atoms with Crippen molar-refractivity contribution >= 4 is 23.5 Å². The van der Waals surface area contributed by atoms with Crippen LogP contribution in [-0.4, -0.2) is 89.0 Å². The second-order valence-corrected chi connectivity index (χ2v) is 12.2. The van der Waals surface area contributed by atoms with Gasteiger partial charge in [-0.25, -0.2) is 0 Å². The van der Waals surface area contributed by atoms with Gasteiger partial charge in [0, 0.05) is 45.2 Å². The SMILES string of the molecule is COc1cc2ccc1Oc1cccc(c1)CO[C@H]1CN(C(=O)CCn3nc(C)c(C(C)=O)c3C)CC[C@@H]1NC(=O)CN(C)C(=O)CC2. The Bertz CT molecular complexity index is 1650. The molecular formula is C35H43N5O7. The zero-order valence-electron chi connectivity index (χ0n) is 27.7. The zero-order valence-corrected chi connectivity index (χ0v) is 27.7. The van der Waals surface area contributed by atoms with E-state index in [0.29, 0.717) is 54.4 Å². The van der Waals surface area contributed by atoms with E-state index in [1.165, 1.54) is 11.8 Å². The lowest BCUT2D eigenvalue weighted by molar-refractivity contribution is -0.139. The van der Waals surface area contributed by atoms with Crippen molar-refractivity contribution in [3.8, 4) is 17.2 Å². The number of amides is 3. The van der Waals surface area contributed by atoms with Crippen LogP contribution < -0.4 is 14.8 Å². The molecule has 3 aliphatic heterocycles. The Morgan fingerprint density at radius 1 is 1.09 bits per heavy atom. The van der Waals surface area contributed by atoms with Crippen LogP contribution >= 0.6 is 0 Å². The van der Waals surface area contributed by atoms with E-state index in [-0.39, 0.29) is 62.1 Å². The number of carbonyl (C=O) groups excluding carboxylic acids is 4. The molecule has 3 aromatic rings. The van der Waals surface area contributed by atoms with Gasteiger partial charge < -0.3 is 29.3 Å². The van der Waals surface area contributed by atoms with Crippen molar-refractivity contribution in [3.05, 3.63) is 70.5 Å². The molecular weight excluding hydrogens is 602 g/mol. The molecule has 47 heavy (non-hydrogen) atoms. The van der Waals surface area contributed by atoms with Crippen molar-refractivity contribution in [1.29, 1.82) is 0 Å². The quantitative estimate of drug-likeness (QED) is 0.417. The maximum atomic E-state index is 13.4. The fraction of sp³-hybridized carbons (Fsp3) is 0.457. The summed E-state index contributed by atoms with van der Waals surface area (Å²) < 4.78 is 19.9. The third kappa shape index (κ3) is 8.18. The molecule has 2 atom stereocenters. The van der Waals surface area contributed by atoms with Gasteiger partial charge in [0.2, 0.25) is 17.7 Å². The van der Waals surface area contributed by atoms with Gasteiger partial charge in [-0.2, -0.15) is 5.10 Å². The highest BCUT2D eigenvalue weighted by molar-refractivity contribution is 5.96. The van der Waals surface area contributed by atoms with Gasteiger partial charge in [-0.05, 0) is 69.0 Å². The Morgan fingerprint density at radius 2 is 1.89 bits per heavy atom. The van der Waals surface area contributed by atoms with E-state index in [4.69, 9.17) is 14.2 Å². The van der Waals surface area contributed by atoms with Crippen LogP contribution in [0.5, 0.6) is 17.2 Å². The monoisotopic (exact) mass is 645 g/mol. The Labute approximate surface area is 274 Å². The average molecular weight is 646 g/mol. The second-order valence-electron chi connectivity index (χ2n) is 12.2. The summed E-state index contributed by atoms with van der Waals surface area (Å²) >= 11 is 0. The number of likely N-dealkylation sites (N-methyl/N-ethyl adjacent to an activating group) is 1. The van der Waals surface area contributed by atoms with Gasteiger partial charge in [-0.15, -0.1) is 0 Å². The average Bonchev–Trinajstić information content (AvgIpc) is 3.34. The van der Waals surface area contributed by atoms with Crippen LogP contribution in [0.2, 0.25) is 0 Å². The van der Waals surface area contributed by atoms with Gasteiger partial charge in [0.1, 0.15) is 5.75 Å². The minimum Gasteiger partial charge on any atom is -0.493 e. The lowest BCUT2D eigenvalue weighted by atomic mass is 10.0. The minimum atomic E-state index is -0.491. The van der Waals surface area contributed by atoms with Gasteiger partial charge in [0.15, 0.2) is 17.3 Å². The molecule has 2 aromatic carbocycles. The van der Waals surface area contributed by atoms with Crippen LogP contribution in [0.1, 0.15) is 59.1 Å². The molecule has 1 saturated heterocycles. The van der Waals surface area contributed by atoms with Crippen molar-refractivity contribution in [2.45, 2.75) is 71.8 Å². The molecule has 4 heterocycles. The molecule has 0 saturated carbocycles. The van der Waals surface area contributed by atoms with E-state index in [1.807, 2.05) is 49.4 Å². The number of nitrogens with one attached hydrogen (secondary N) is 1. The molecule has 6 rings (SSSR count). The molecule has 1 aromatic heterocycles. The number of carbonyl (C=O) groups is 4. The van der Waals surface area contributed by atoms with E-state index in [1.54, 1.807) is 30.7 Å². The fourth-order valence-corrected chi connectivity index (χ4v) is 6.24.